The number of fused-ring (bicyclic) bond motifs is 1. The van der Waals surface area contributed by atoms with Crippen molar-refractivity contribution in [3.8, 4) is 5.75 Å². The average Bonchev–Trinajstić information content (AvgIpc) is 2.81. The molecule has 0 fully saturated rings. The van der Waals surface area contributed by atoms with Gasteiger partial charge >= 0.3 is 0 Å². The molecular formula is C16H22N2O3. The highest BCUT2D eigenvalue weighted by Gasteiger charge is 2.07. The first-order valence-electron chi connectivity index (χ1n) is 7.11. The van der Waals surface area contributed by atoms with Gasteiger partial charge in [0, 0.05) is 30.8 Å². The molecule has 5 heteroatoms. The molecule has 0 saturated heterocycles. The molecule has 0 aliphatic carbocycles. The van der Waals surface area contributed by atoms with E-state index in [1.165, 1.54) is 0 Å². The molecular weight excluding hydrogens is 268 g/mol. The monoisotopic (exact) mass is 290 g/mol. The van der Waals surface area contributed by atoms with Gasteiger partial charge in [-0.3, -0.25) is 4.79 Å². The van der Waals surface area contributed by atoms with Gasteiger partial charge in [-0.25, -0.2) is 0 Å². The van der Waals surface area contributed by atoms with Crippen LogP contribution in [0.3, 0.4) is 0 Å². The molecule has 0 spiro atoms. The summed E-state index contributed by atoms with van der Waals surface area (Å²) in [5.74, 6) is 0.826. The van der Waals surface area contributed by atoms with Crippen LogP contribution in [0.4, 0.5) is 0 Å². The molecule has 0 saturated carbocycles. The Morgan fingerprint density at radius 2 is 2.14 bits per heavy atom. The molecule has 1 aromatic carbocycles. The van der Waals surface area contributed by atoms with E-state index >= 15 is 0 Å². The second kappa shape index (κ2) is 7.13. The number of aromatic nitrogens is 1. The van der Waals surface area contributed by atoms with E-state index in [1.807, 2.05) is 48.9 Å². The summed E-state index contributed by atoms with van der Waals surface area (Å²) >= 11 is 0. The van der Waals surface area contributed by atoms with E-state index in [4.69, 9.17) is 9.47 Å². The summed E-state index contributed by atoms with van der Waals surface area (Å²) in [6.45, 7) is 5.35. The second-order valence-electron chi connectivity index (χ2n) is 5.17. The zero-order valence-corrected chi connectivity index (χ0v) is 12.8. The average molecular weight is 290 g/mol. The highest BCUT2D eigenvalue weighted by Crippen LogP contribution is 2.22. The van der Waals surface area contributed by atoms with Crippen LogP contribution in [0.25, 0.3) is 10.9 Å². The van der Waals surface area contributed by atoms with Crippen LogP contribution in [0, 0.1) is 0 Å². The van der Waals surface area contributed by atoms with Crippen LogP contribution < -0.4 is 10.1 Å². The summed E-state index contributed by atoms with van der Waals surface area (Å²) in [4.78, 5) is 11.8. The Kier molecular flexibility index (Phi) is 5.22. The van der Waals surface area contributed by atoms with Crippen LogP contribution in [-0.2, 0) is 16.1 Å². The lowest BCUT2D eigenvalue weighted by molar-refractivity contribution is -0.121. The lowest BCUT2D eigenvalue weighted by atomic mass is 10.2. The quantitative estimate of drug-likeness (QED) is 0.795. The fourth-order valence-electron chi connectivity index (χ4n) is 2.16. The van der Waals surface area contributed by atoms with E-state index in [0.717, 1.165) is 16.7 Å². The minimum absolute atomic E-state index is 0.0212. The number of amides is 1. The third-order valence-corrected chi connectivity index (χ3v) is 3.06. The maximum atomic E-state index is 11.8. The molecule has 0 bridgehead atoms. The first kappa shape index (κ1) is 15.4. The van der Waals surface area contributed by atoms with Crippen molar-refractivity contribution in [2.45, 2.75) is 26.5 Å². The number of carbonyl (C=O) groups excluding carboxylic acids is 1. The summed E-state index contributed by atoms with van der Waals surface area (Å²) in [5.41, 5.74) is 1.02. The number of rotatable bonds is 7. The van der Waals surface area contributed by atoms with Gasteiger partial charge in [-0.1, -0.05) is 0 Å². The fourth-order valence-corrected chi connectivity index (χ4v) is 2.16. The second-order valence-corrected chi connectivity index (χ2v) is 5.17. The molecule has 0 radical (unpaired) electrons. The van der Waals surface area contributed by atoms with E-state index in [9.17, 15) is 4.79 Å². The normalized spacial score (nSPS) is 11.0. The Balaban J connectivity index is 2.06. The van der Waals surface area contributed by atoms with E-state index in [-0.39, 0.29) is 12.0 Å². The van der Waals surface area contributed by atoms with Gasteiger partial charge in [0.25, 0.3) is 0 Å². The van der Waals surface area contributed by atoms with Gasteiger partial charge < -0.3 is 19.4 Å². The fraction of sp³-hybridized carbons (Fsp3) is 0.438. The van der Waals surface area contributed by atoms with Gasteiger partial charge in [0.2, 0.25) is 5.91 Å². The number of ether oxygens (including phenoxy) is 2. The molecule has 2 aromatic rings. The number of hydrogen-bond acceptors (Lipinski definition) is 3. The summed E-state index contributed by atoms with van der Waals surface area (Å²) in [5, 5.41) is 3.88. The number of hydrogen-bond donors (Lipinski definition) is 1. The molecule has 1 N–H and O–H groups in total. The first-order valence-corrected chi connectivity index (χ1v) is 7.11. The smallest absolute Gasteiger partial charge is 0.240 e. The Bertz CT molecular complexity index is 605. The van der Waals surface area contributed by atoms with Crippen molar-refractivity contribution >= 4 is 16.8 Å². The van der Waals surface area contributed by atoms with Crippen molar-refractivity contribution in [3.05, 3.63) is 30.5 Å². The molecule has 0 aliphatic rings. The van der Waals surface area contributed by atoms with Gasteiger partial charge in [-0.05, 0) is 38.1 Å². The van der Waals surface area contributed by atoms with Crippen molar-refractivity contribution in [3.63, 3.8) is 0 Å². The Labute approximate surface area is 124 Å². The number of nitrogens with one attached hydrogen (secondary N) is 1. The molecule has 21 heavy (non-hydrogen) atoms. The van der Waals surface area contributed by atoms with Crippen LogP contribution in [-0.4, -0.2) is 36.8 Å². The van der Waals surface area contributed by atoms with Gasteiger partial charge in [-0.15, -0.1) is 0 Å². The SMILES string of the molecule is COCCNC(=O)Cn1ccc2cc(OC(C)C)ccc21. The molecule has 0 unspecified atom stereocenters. The molecule has 1 heterocycles. The molecule has 114 valence electrons. The van der Waals surface area contributed by atoms with Crippen LogP contribution >= 0.6 is 0 Å². The molecule has 5 nitrogen and oxygen atoms in total. The van der Waals surface area contributed by atoms with E-state index < -0.39 is 0 Å². The van der Waals surface area contributed by atoms with Crippen molar-refractivity contribution in [1.82, 2.24) is 9.88 Å². The summed E-state index contributed by atoms with van der Waals surface area (Å²) in [6.07, 6.45) is 2.07. The first-order chi connectivity index (χ1) is 10.1. The summed E-state index contributed by atoms with van der Waals surface area (Å²) in [7, 11) is 1.61. The van der Waals surface area contributed by atoms with Gasteiger partial charge in [-0.2, -0.15) is 0 Å². The Morgan fingerprint density at radius 3 is 2.86 bits per heavy atom. The number of benzene rings is 1. The lowest BCUT2D eigenvalue weighted by Gasteiger charge is -2.10. The van der Waals surface area contributed by atoms with Crippen molar-refractivity contribution in [2.24, 2.45) is 0 Å². The number of nitrogens with zero attached hydrogens (tertiary/aromatic N) is 1. The Hall–Kier alpha value is -2.01. The maximum absolute atomic E-state index is 11.8. The third-order valence-electron chi connectivity index (χ3n) is 3.06. The third kappa shape index (κ3) is 4.23. The van der Waals surface area contributed by atoms with E-state index in [2.05, 4.69) is 5.32 Å². The van der Waals surface area contributed by atoms with Crippen molar-refractivity contribution < 1.29 is 14.3 Å². The number of carbonyl (C=O) groups is 1. The van der Waals surface area contributed by atoms with Gasteiger partial charge in [0.15, 0.2) is 0 Å². The molecule has 0 aliphatic heterocycles. The van der Waals surface area contributed by atoms with Crippen molar-refractivity contribution in [2.75, 3.05) is 20.3 Å². The van der Waals surface area contributed by atoms with Crippen LogP contribution in [0.1, 0.15) is 13.8 Å². The zero-order chi connectivity index (χ0) is 15.2. The van der Waals surface area contributed by atoms with Crippen LogP contribution in [0.15, 0.2) is 30.5 Å². The molecule has 0 atom stereocenters. The van der Waals surface area contributed by atoms with E-state index in [0.29, 0.717) is 19.7 Å². The predicted molar refractivity (Wildman–Crippen MR) is 82.6 cm³/mol. The molecule has 1 aromatic heterocycles. The highest BCUT2D eigenvalue weighted by atomic mass is 16.5. The van der Waals surface area contributed by atoms with Crippen LogP contribution in [0.5, 0.6) is 5.75 Å². The number of methoxy groups -OCH3 is 1. The largest absolute Gasteiger partial charge is 0.491 e. The summed E-state index contributed by atoms with van der Waals surface area (Å²) < 4.78 is 12.5. The van der Waals surface area contributed by atoms with Gasteiger partial charge in [0.05, 0.1) is 12.7 Å². The standard InChI is InChI=1S/C16H22N2O3/c1-12(2)21-14-4-5-15-13(10-14)6-8-18(15)11-16(19)17-7-9-20-3/h4-6,8,10,12H,7,9,11H2,1-3H3,(H,17,19). The molecule has 1 amide bonds. The predicted octanol–water partition coefficient (Wildman–Crippen LogP) is 2.19. The minimum Gasteiger partial charge on any atom is -0.491 e. The Morgan fingerprint density at radius 1 is 1.33 bits per heavy atom. The van der Waals surface area contributed by atoms with Crippen LogP contribution in [0.2, 0.25) is 0 Å². The summed E-state index contributed by atoms with van der Waals surface area (Å²) in [6, 6.07) is 7.90. The highest BCUT2D eigenvalue weighted by molar-refractivity contribution is 5.84. The minimum atomic E-state index is -0.0212. The maximum Gasteiger partial charge on any atom is 0.240 e. The topological polar surface area (TPSA) is 52.5 Å². The van der Waals surface area contributed by atoms with E-state index in [1.54, 1.807) is 7.11 Å². The zero-order valence-electron chi connectivity index (χ0n) is 12.8. The molecule has 2 rings (SSSR count). The van der Waals surface area contributed by atoms with Crippen molar-refractivity contribution in [1.29, 1.82) is 0 Å². The lowest BCUT2D eigenvalue weighted by Crippen LogP contribution is -2.30. The van der Waals surface area contributed by atoms with Gasteiger partial charge in [0.1, 0.15) is 12.3 Å².